The fourth-order valence-electron chi connectivity index (χ4n) is 3.17. The molecule has 0 radical (unpaired) electrons. The first kappa shape index (κ1) is 18.4. The molecule has 0 aromatic carbocycles. The Balaban J connectivity index is 1.36. The van der Waals surface area contributed by atoms with E-state index in [0.29, 0.717) is 38.4 Å². The normalized spacial score (nSPS) is 14.3. The molecule has 0 aliphatic carbocycles. The molecule has 1 saturated heterocycles. The Morgan fingerprint density at radius 3 is 2.61 bits per heavy atom. The number of piperazine rings is 1. The minimum atomic E-state index is -0.128. The summed E-state index contributed by atoms with van der Waals surface area (Å²) >= 11 is 1.53. The van der Waals surface area contributed by atoms with Crippen LogP contribution in [0.3, 0.4) is 0 Å². The zero-order valence-corrected chi connectivity index (χ0v) is 16.3. The predicted molar refractivity (Wildman–Crippen MR) is 105 cm³/mol. The van der Waals surface area contributed by atoms with E-state index in [9.17, 15) is 9.59 Å². The number of rotatable bonds is 4. The first-order valence-electron chi connectivity index (χ1n) is 9.09. The third kappa shape index (κ3) is 3.82. The molecule has 3 aromatic heterocycles. The number of pyridine rings is 1. The lowest BCUT2D eigenvalue weighted by molar-refractivity contribution is -0.131. The Morgan fingerprint density at radius 2 is 1.93 bits per heavy atom. The highest BCUT2D eigenvalue weighted by atomic mass is 32.1. The smallest absolute Gasteiger partial charge is 0.289 e. The number of aromatic nitrogens is 2. The zero-order chi connectivity index (χ0) is 19.5. The van der Waals surface area contributed by atoms with Crippen LogP contribution in [-0.4, -0.2) is 57.8 Å². The monoisotopic (exact) mass is 396 g/mol. The van der Waals surface area contributed by atoms with Crippen LogP contribution >= 0.6 is 11.3 Å². The second-order valence-electron chi connectivity index (χ2n) is 6.60. The van der Waals surface area contributed by atoms with E-state index in [1.54, 1.807) is 29.4 Å². The molecule has 0 N–H and O–H groups in total. The molecule has 0 saturated carbocycles. The number of hydrogen-bond acceptors (Lipinski definition) is 6. The standard InChI is InChI=1S/C20H20N4O3S/c1-14-17(28-19(22-14)15-4-2-6-21-13-15)12-18(25)23-7-9-24(10-8-23)20(26)16-5-3-11-27-16/h2-6,11,13H,7-10,12H2,1H3. The summed E-state index contributed by atoms with van der Waals surface area (Å²) in [6.07, 6.45) is 5.32. The number of furan rings is 1. The Morgan fingerprint density at radius 1 is 1.14 bits per heavy atom. The highest BCUT2D eigenvalue weighted by molar-refractivity contribution is 7.15. The number of carbonyl (C=O) groups excluding carboxylic acids is 2. The van der Waals surface area contributed by atoms with Crippen LogP contribution in [0.15, 0.2) is 47.3 Å². The van der Waals surface area contributed by atoms with Gasteiger partial charge in [-0.15, -0.1) is 11.3 Å². The number of amides is 2. The second-order valence-corrected chi connectivity index (χ2v) is 7.68. The molecule has 28 heavy (non-hydrogen) atoms. The van der Waals surface area contributed by atoms with Crippen LogP contribution in [-0.2, 0) is 11.2 Å². The maximum atomic E-state index is 12.7. The van der Waals surface area contributed by atoms with Gasteiger partial charge in [-0.3, -0.25) is 14.6 Å². The van der Waals surface area contributed by atoms with E-state index in [1.807, 2.05) is 24.0 Å². The number of nitrogens with zero attached hydrogens (tertiary/aromatic N) is 4. The van der Waals surface area contributed by atoms with Crippen LogP contribution in [0.1, 0.15) is 21.1 Å². The molecular formula is C20H20N4O3S. The van der Waals surface area contributed by atoms with Crippen molar-refractivity contribution in [3.8, 4) is 10.6 Å². The molecule has 0 unspecified atom stereocenters. The molecule has 0 bridgehead atoms. The molecule has 1 aliphatic heterocycles. The lowest BCUT2D eigenvalue weighted by Gasteiger charge is -2.34. The zero-order valence-electron chi connectivity index (χ0n) is 15.5. The number of carbonyl (C=O) groups is 2. The summed E-state index contributed by atoms with van der Waals surface area (Å²) in [5.41, 5.74) is 1.84. The van der Waals surface area contributed by atoms with Crippen molar-refractivity contribution in [1.29, 1.82) is 0 Å². The van der Waals surface area contributed by atoms with E-state index in [2.05, 4.69) is 9.97 Å². The van der Waals surface area contributed by atoms with Gasteiger partial charge >= 0.3 is 0 Å². The number of hydrogen-bond donors (Lipinski definition) is 0. The van der Waals surface area contributed by atoms with Crippen LogP contribution in [0.5, 0.6) is 0 Å². The third-order valence-corrected chi connectivity index (χ3v) is 5.97. The minimum Gasteiger partial charge on any atom is -0.459 e. The third-order valence-electron chi connectivity index (χ3n) is 4.76. The Kier molecular flexibility index (Phi) is 5.21. The van der Waals surface area contributed by atoms with Crippen molar-refractivity contribution in [3.05, 3.63) is 59.3 Å². The van der Waals surface area contributed by atoms with Gasteiger partial charge < -0.3 is 14.2 Å². The van der Waals surface area contributed by atoms with Gasteiger partial charge in [-0.1, -0.05) is 0 Å². The fraction of sp³-hybridized carbons (Fsp3) is 0.300. The highest BCUT2D eigenvalue weighted by Crippen LogP contribution is 2.28. The van der Waals surface area contributed by atoms with Crippen molar-refractivity contribution < 1.29 is 14.0 Å². The lowest BCUT2D eigenvalue weighted by atomic mass is 10.2. The van der Waals surface area contributed by atoms with Gasteiger partial charge in [0.15, 0.2) is 5.76 Å². The first-order valence-corrected chi connectivity index (χ1v) is 9.91. The molecule has 7 nitrogen and oxygen atoms in total. The fourth-order valence-corrected chi connectivity index (χ4v) is 4.21. The highest BCUT2D eigenvalue weighted by Gasteiger charge is 2.26. The molecule has 0 spiro atoms. The van der Waals surface area contributed by atoms with Crippen molar-refractivity contribution >= 4 is 23.2 Å². The van der Waals surface area contributed by atoms with Crippen LogP contribution < -0.4 is 0 Å². The number of thiazole rings is 1. The van der Waals surface area contributed by atoms with Crippen molar-refractivity contribution in [3.63, 3.8) is 0 Å². The summed E-state index contributed by atoms with van der Waals surface area (Å²) < 4.78 is 5.17. The van der Waals surface area contributed by atoms with Gasteiger partial charge in [0.2, 0.25) is 5.91 Å². The largest absolute Gasteiger partial charge is 0.459 e. The predicted octanol–water partition coefficient (Wildman–Crippen LogP) is 2.63. The summed E-state index contributed by atoms with van der Waals surface area (Å²) in [5.74, 6) is 0.272. The second kappa shape index (κ2) is 7.93. The summed E-state index contributed by atoms with van der Waals surface area (Å²) in [4.78, 5) is 38.3. The Labute approximate surface area is 166 Å². The van der Waals surface area contributed by atoms with Crippen LogP contribution in [0, 0.1) is 6.92 Å². The Hall–Kier alpha value is -3.00. The van der Waals surface area contributed by atoms with E-state index in [0.717, 1.165) is 21.1 Å². The quantitative estimate of drug-likeness (QED) is 0.677. The summed E-state index contributed by atoms with van der Waals surface area (Å²) in [6.45, 7) is 4.00. The van der Waals surface area contributed by atoms with Crippen molar-refractivity contribution in [2.45, 2.75) is 13.3 Å². The van der Waals surface area contributed by atoms with Crippen LogP contribution in [0.25, 0.3) is 10.6 Å². The average molecular weight is 396 g/mol. The molecule has 1 aliphatic rings. The molecule has 3 aromatic rings. The summed E-state index contributed by atoms with van der Waals surface area (Å²) in [6, 6.07) is 7.20. The van der Waals surface area contributed by atoms with Gasteiger partial charge in [-0.05, 0) is 31.2 Å². The van der Waals surface area contributed by atoms with Crippen molar-refractivity contribution in [2.24, 2.45) is 0 Å². The van der Waals surface area contributed by atoms with E-state index in [-0.39, 0.29) is 11.8 Å². The van der Waals surface area contributed by atoms with Crippen LogP contribution in [0.2, 0.25) is 0 Å². The van der Waals surface area contributed by atoms with Crippen molar-refractivity contribution in [2.75, 3.05) is 26.2 Å². The van der Waals surface area contributed by atoms with Gasteiger partial charge in [0.25, 0.3) is 5.91 Å². The lowest BCUT2D eigenvalue weighted by Crippen LogP contribution is -2.50. The topological polar surface area (TPSA) is 79.5 Å². The van der Waals surface area contributed by atoms with Gasteiger partial charge in [0.1, 0.15) is 5.01 Å². The van der Waals surface area contributed by atoms with Gasteiger partial charge in [0.05, 0.1) is 18.4 Å². The average Bonchev–Trinajstić information content (AvgIpc) is 3.39. The Bertz CT molecular complexity index is 961. The molecule has 0 atom stereocenters. The molecule has 4 heterocycles. The van der Waals surface area contributed by atoms with Gasteiger partial charge in [-0.25, -0.2) is 4.98 Å². The van der Waals surface area contributed by atoms with Crippen LogP contribution in [0.4, 0.5) is 0 Å². The first-order chi connectivity index (χ1) is 13.6. The van der Waals surface area contributed by atoms with E-state index >= 15 is 0 Å². The molecule has 1 fully saturated rings. The van der Waals surface area contributed by atoms with E-state index in [4.69, 9.17) is 4.42 Å². The summed E-state index contributed by atoms with van der Waals surface area (Å²) in [5, 5.41) is 0.877. The van der Waals surface area contributed by atoms with Gasteiger partial charge in [-0.2, -0.15) is 0 Å². The van der Waals surface area contributed by atoms with E-state index < -0.39 is 0 Å². The number of aryl methyl sites for hydroxylation is 1. The molecule has 8 heteroatoms. The SMILES string of the molecule is Cc1nc(-c2cccnc2)sc1CC(=O)N1CCN(C(=O)c2ccco2)CC1. The summed E-state index contributed by atoms with van der Waals surface area (Å²) in [7, 11) is 0. The maximum absolute atomic E-state index is 12.7. The van der Waals surface area contributed by atoms with E-state index in [1.165, 1.54) is 17.6 Å². The minimum absolute atomic E-state index is 0.0644. The maximum Gasteiger partial charge on any atom is 0.289 e. The van der Waals surface area contributed by atoms with Crippen molar-refractivity contribution in [1.82, 2.24) is 19.8 Å². The molecule has 144 valence electrons. The molecular weight excluding hydrogens is 376 g/mol. The molecule has 2 amide bonds. The van der Waals surface area contributed by atoms with Gasteiger partial charge in [0, 0.05) is 49.0 Å². The molecule has 4 rings (SSSR count).